The summed E-state index contributed by atoms with van der Waals surface area (Å²) in [6.45, 7) is 3.52. The molecule has 18 heavy (non-hydrogen) atoms. The van der Waals surface area contributed by atoms with E-state index in [-0.39, 0.29) is 12.2 Å². The third-order valence-corrected chi connectivity index (χ3v) is 2.56. The Kier molecular flexibility index (Phi) is 6.12. The van der Waals surface area contributed by atoms with Crippen molar-refractivity contribution in [2.75, 3.05) is 0 Å². The number of hydrogen-bond acceptors (Lipinski definition) is 2. The molecule has 2 heteroatoms. The highest BCUT2D eigenvalue weighted by Gasteiger charge is 1.95. The van der Waals surface area contributed by atoms with Crippen LogP contribution in [-0.2, 0) is 0 Å². The van der Waals surface area contributed by atoms with Crippen LogP contribution >= 0.6 is 0 Å². The van der Waals surface area contributed by atoms with Crippen molar-refractivity contribution in [1.29, 1.82) is 0 Å². The maximum atomic E-state index is 9.02. The molecular weight excluding hydrogens is 224 g/mol. The van der Waals surface area contributed by atoms with E-state index in [9.17, 15) is 0 Å². The highest BCUT2D eigenvalue weighted by atomic mass is 16.3. The van der Waals surface area contributed by atoms with Gasteiger partial charge in [0.1, 0.15) is 0 Å². The number of rotatable bonds is 2. The van der Waals surface area contributed by atoms with Crippen molar-refractivity contribution in [3.05, 3.63) is 71.8 Å². The Morgan fingerprint density at radius 2 is 0.889 bits per heavy atom. The summed E-state index contributed by atoms with van der Waals surface area (Å²) in [5.41, 5.74) is 1.94. The third kappa shape index (κ3) is 5.13. The average molecular weight is 244 g/mol. The number of aliphatic hydroxyl groups is 2. The van der Waals surface area contributed by atoms with Crippen molar-refractivity contribution in [1.82, 2.24) is 0 Å². The zero-order valence-electron chi connectivity index (χ0n) is 10.8. The Balaban J connectivity index is 0.000000180. The van der Waals surface area contributed by atoms with E-state index < -0.39 is 0 Å². The molecule has 96 valence electrons. The van der Waals surface area contributed by atoms with E-state index >= 15 is 0 Å². The van der Waals surface area contributed by atoms with E-state index in [1.807, 2.05) is 60.7 Å². The average Bonchev–Trinajstić information content (AvgIpc) is 2.41. The molecule has 0 bridgehead atoms. The molecule has 0 aliphatic carbocycles. The first-order valence-electron chi connectivity index (χ1n) is 6.07. The minimum atomic E-state index is -0.341. The van der Waals surface area contributed by atoms with Crippen LogP contribution in [0.5, 0.6) is 0 Å². The highest BCUT2D eigenvalue weighted by molar-refractivity contribution is 5.16. The second-order valence-corrected chi connectivity index (χ2v) is 4.17. The van der Waals surface area contributed by atoms with Gasteiger partial charge in [-0.2, -0.15) is 0 Å². The largest absolute Gasteiger partial charge is 0.389 e. The van der Waals surface area contributed by atoms with Gasteiger partial charge in [0, 0.05) is 0 Å². The van der Waals surface area contributed by atoms with Gasteiger partial charge in [-0.3, -0.25) is 0 Å². The van der Waals surface area contributed by atoms with Gasteiger partial charge < -0.3 is 10.2 Å². The number of aliphatic hydroxyl groups excluding tert-OH is 2. The Morgan fingerprint density at radius 1 is 0.611 bits per heavy atom. The lowest BCUT2D eigenvalue weighted by molar-refractivity contribution is 0.199. The van der Waals surface area contributed by atoms with Crippen molar-refractivity contribution in [2.45, 2.75) is 26.1 Å². The second kappa shape index (κ2) is 7.64. The molecule has 0 amide bonds. The van der Waals surface area contributed by atoms with Gasteiger partial charge in [-0.15, -0.1) is 0 Å². The smallest absolute Gasteiger partial charge is 0.0761 e. The summed E-state index contributed by atoms with van der Waals surface area (Å²) in [6, 6.07) is 19.2. The first-order valence-corrected chi connectivity index (χ1v) is 6.07. The van der Waals surface area contributed by atoms with Crippen LogP contribution < -0.4 is 0 Å². The van der Waals surface area contributed by atoms with E-state index in [1.165, 1.54) is 0 Å². The minimum absolute atomic E-state index is 0.341. The first-order chi connectivity index (χ1) is 8.61. The number of hydrogen-bond donors (Lipinski definition) is 2. The van der Waals surface area contributed by atoms with Crippen LogP contribution in [0.15, 0.2) is 60.7 Å². The normalized spacial score (nSPS) is 13.1. The topological polar surface area (TPSA) is 40.5 Å². The molecule has 2 N–H and O–H groups in total. The molecule has 0 saturated heterocycles. The Morgan fingerprint density at radius 3 is 1.06 bits per heavy atom. The summed E-state index contributed by atoms with van der Waals surface area (Å²) in [5, 5.41) is 18.0. The fourth-order valence-electron chi connectivity index (χ4n) is 1.46. The van der Waals surface area contributed by atoms with E-state index in [0.29, 0.717) is 0 Å². The lowest BCUT2D eigenvalue weighted by atomic mass is 10.1. The monoisotopic (exact) mass is 244 g/mol. The zero-order valence-corrected chi connectivity index (χ0v) is 10.8. The molecule has 0 radical (unpaired) electrons. The molecule has 2 aromatic rings. The van der Waals surface area contributed by atoms with Gasteiger partial charge in [-0.1, -0.05) is 60.7 Å². The molecule has 2 aromatic carbocycles. The van der Waals surface area contributed by atoms with Crippen LogP contribution in [0.4, 0.5) is 0 Å². The van der Waals surface area contributed by atoms with Crippen LogP contribution in [0.2, 0.25) is 0 Å². The molecule has 0 spiro atoms. The molecule has 0 fully saturated rings. The predicted molar refractivity (Wildman–Crippen MR) is 74.2 cm³/mol. The molecule has 2 nitrogen and oxygen atoms in total. The molecule has 0 aliphatic heterocycles. The van der Waals surface area contributed by atoms with Crippen LogP contribution in [0.1, 0.15) is 37.2 Å². The fraction of sp³-hybridized carbons (Fsp3) is 0.250. The number of benzene rings is 2. The summed E-state index contributed by atoms with van der Waals surface area (Å²) in [5.74, 6) is 0. The maximum Gasteiger partial charge on any atom is 0.0761 e. The van der Waals surface area contributed by atoms with E-state index in [0.717, 1.165) is 11.1 Å². The van der Waals surface area contributed by atoms with Gasteiger partial charge >= 0.3 is 0 Å². The molecule has 0 aliphatic rings. The molecule has 1 unspecified atom stereocenters. The van der Waals surface area contributed by atoms with Crippen molar-refractivity contribution >= 4 is 0 Å². The third-order valence-electron chi connectivity index (χ3n) is 2.56. The van der Waals surface area contributed by atoms with Gasteiger partial charge in [0.05, 0.1) is 12.2 Å². The molecular formula is C16H20O2. The summed E-state index contributed by atoms with van der Waals surface area (Å²) in [6.07, 6.45) is -0.683. The van der Waals surface area contributed by atoms with Crippen molar-refractivity contribution < 1.29 is 10.2 Å². The van der Waals surface area contributed by atoms with E-state index in [4.69, 9.17) is 10.2 Å². The first kappa shape index (κ1) is 14.4. The quantitative estimate of drug-likeness (QED) is 0.849. The van der Waals surface area contributed by atoms with Crippen molar-refractivity contribution in [3.63, 3.8) is 0 Å². The van der Waals surface area contributed by atoms with Gasteiger partial charge in [-0.05, 0) is 25.0 Å². The van der Waals surface area contributed by atoms with Crippen LogP contribution in [0.25, 0.3) is 0 Å². The second-order valence-electron chi connectivity index (χ2n) is 4.17. The maximum absolute atomic E-state index is 9.02. The van der Waals surface area contributed by atoms with Gasteiger partial charge in [0.15, 0.2) is 0 Å². The molecule has 2 rings (SSSR count). The minimum Gasteiger partial charge on any atom is -0.389 e. The predicted octanol–water partition coefficient (Wildman–Crippen LogP) is 3.48. The summed E-state index contributed by atoms with van der Waals surface area (Å²) < 4.78 is 0. The van der Waals surface area contributed by atoms with Crippen LogP contribution in [-0.4, -0.2) is 10.2 Å². The van der Waals surface area contributed by atoms with Crippen LogP contribution in [0, 0.1) is 0 Å². The summed E-state index contributed by atoms with van der Waals surface area (Å²) in [4.78, 5) is 0. The van der Waals surface area contributed by atoms with Crippen molar-refractivity contribution in [2.24, 2.45) is 0 Å². The SMILES string of the molecule is CC(O)c1ccccc1.C[C@@H](O)c1ccccc1. The lowest BCUT2D eigenvalue weighted by Gasteiger charge is -2.00. The fourth-order valence-corrected chi connectivity index (χ4v) is 1.46. The van der Waals surface area contributed by atoms with E-state index in [2.05, 4.69) is 0 Å². The molecule has 0 heterocycles. The zero-order chi connectivity index (χ0) is 13.4. The van der Waals surface area contributed by atoms with Gasteiger partial charge in [0.2, 0.25) is 0 Å². The Bertz CT molecular complexity index is 378. The summed E-state index contributed by atoms with van der Waals surface area (Å²) in [7, 11) is 0. The Labute approximate surface area is 109 Å². The molecule has 2 atom stereocenters. The molecule has 0 aromatic heterocycles. The Hall–Kier alpha value is -1.64. The van der Waals surface area contributed by atoms with Crippen LogP contribution in [0.3, 0.4) is 0 Å². The van der Waals surface area contributed by atoms with Crippen molar-refractivity contribution in [3.8, 4) is 0 Å². The highest BCUT2D eigenvalue weighted by Crippen LogP contribution is 2.09. The lowest BCUT2D eigenvalue weighted by Crippen LogP contribution is -1.87. The van der Waals surface area contributed by atoms with Gasteiger partial charge in [0.25, 0.3) is 0 Å². The molecule has 0 saturated carbocycles. The summed E-state index contributed by atoms with van der Waals surface area (Å²) >= 11 is 0. The van der Waals surface area contributed by atoms with Gasteiger partial charge in [-0.25, -0.2) is 0 Å². The van der Waals surface area contributed by atoms with E-state index in [1.54, 1.807) is 13.8 Å². The standard InChI is InChI=1S/2C8H10O/c2*1-7(9)8-5-3-2-4-6-8/h2*2-7,9H,1H3/t7-;/m1./s1.